The number of aliphatic hydroxyl groups is 1. The number of nitrogens with zero attached hydrogens (tertiary/aromatic N) is 1. The molecular weight excluding hydrogens is 438 g/mol. The topological polar surface area (TPSA) is 66.8 Å². The number of para-hydroxylation sites is 1. The van der Waals surface area contributed by atoms with Gasteiger partial charge in [0, 0.05) is 11.1 Å². The summed E-state index contributed by atoms with van der Waals surface area (Å²) in [6.07, 6.45) is 0. The third-order valence-corrected chi connectivity index (χ3v) is 6.48. The molecule has 1 unspecified atom stereocenters. The second kappa shape index (κ2) is 9.11. The molecule has 0 radical (unpaired) electrons. The first-order chi connectivity index (χ1) is 17.0. The van der Waals surface area contributed by atoms with Crippen LogP contribution in [0.2, 0.25) is 0 Å². The molecule has 1 amide bonds. The van der Waals surface area contributed by atoms with Crippen LogP contribution in [0.1, 0.15) is 28.3 Å². The zero-order chi connectivity index (χ0) is 24.5. The van der Waals surface area contributed by atoms with E-state index in [1.165, 1.54) is 4.90 Å². The number of fused-ring (bicyclic) bond motifs is 1. The number of likely N-dealkylation sites (tertiary alicyclic amines) is 1. The number of hydrogen-bond acceptors (Lipinski definition) is 4. The summed E-state index contributed by atoms with van der Waals surface area (Å²) >= 11 is 0. The van der Waals surface area contributed by atoms with Crippen LogP contribution in [0, 0.1) is 6.92 Å². The van der Waals surface area contributed by atoms with Crippen LogP contribution in [-0.2, 0) is 16.1 Å². The minimum Gasteiger partial charge on any atom is -0.507 e. The van der Waals surface area contributed by atoms with E-state index in [1.54, 1.807) is 13.2 Å². The molecular formula is C30H25NO4. The molecule has 5 heteroatoms. The predicted octanol–water partition coefficient (Wildman–Crippen LogP) is 5.78. The Morgan fingerprint density at radius 3 is 2.43 bits per heavy atom. The third-order valence-electron chi connectivity index (χ3n) is 6.48. The fourth-order valence-corrected chi connectivity index (χ4v) is 4.82. The standard InChI is InChI=1S/C30H25NO4/c1-19-9-7-13-21(17-19)27-26(28(32)24-15-8-12-20-10-3-5-14-23(20)24)29(33)30(34)31(27)18-22-11-4-6-16-25(22)35-2/h3-17,27,32H,18H2,1-2H3/b28-26-. The molecule has 0 saturated carbocycles. The van der Waals surface area contributed by atoms with Gasteiger partial charge in [-0.05, 0) is 29.3 Å². The Balaban J connectivity index is 1.72. The highest BCUT2D eigenvalue weighted by Crippen LogP contribution is 2.42. The molecule has 0 spiro atoms. The Hall–Kier alpha value is -4.38. The number of hydrogen-bond donors (Lipinski definition) is 1. The molecule has 5 rings (SSSR count). The maximum atomic E-state index is 13.4. The van der Waals surface area contributed by atoms with E-state index >= 15 is 0 Å². The van der Waals surface area contributed by atoms with E-state index in [2.05, 4.69) is 0 Å². The Bertz CT molecular complexity index is 1480. The Morgan fingerprint density at radius 1 is 0.914 bits per heavy atom. The first-order valence-electron chi connectivity index (χ1n) is 11.4. The van der Waals surface area contributed by atoms with Gasteiger partial charge < -0.3 is 14.7 Å². The first-order valence-corrected chi connectivity index (χ1v) is 11.4. The lowest BCUT2D eigenvalue weighted by molar-refractivity contribution is -0.140. The predicted molar refractivity (Wildman–Crippen MR) is 136 cm³/mol. The van der Waals surface area contributed by atoms with Crippen LogP contribution in [0.5, 0.6) is 5.75 Å². The number of benzene rings is 4. The van der Waals surface area contributed by atoms with Crippen LogP contribution in [-0.4, -0.2) is 28.8 Å². The Morgan fingerprint density at radius 2 is 1.63 bits per heavy atom. The van der Waals surface area contributed by atoms with Crippen LogP contribution in [0.25, 0.3) is 16.5 Å². The number of methoxy groups -OCH3 is 1. The van der Waals surface area contributed by atoms with E-state index in [9.17, 15) is 14.7 Å². The molecule has 1 saturated heterocycles. The monoisotopic (exact) mass is 463 g/mol. The van der Waals surface area contributed by atoms with Crippen LogP contribution < -0.4 is 4.74 Å². The summed E-state index contributed by atoms with van der Waals surface area (Å²) < 4.78 is 5.49. The van der Waals surface area contributed by atoms with Gasteiger partial charge in [-0.1, -0.05) is 90.5 Å². The average molecular weight is 464 g/mol. The van der Waals surface area contributed by atoms with Crippen molar-refractivity contribution in [1.82, 2.24) is 4.90 Å². The van der Waals surface area contributed by atoms with Gasteiger partial charge in [0.15, 0.2) is 0 Å². The highest BCUT2D eigenvalue weighted by molar-refractivity contribution is 6.46. The van der Waals surface area contributed by atoms with Gasteiger partial charge in [-0.2, -0.15) is 0 Å². The minimum atomic E-state index is -0.737. The molecule has 1 aliphatic rings. The normalized spacial score (nSPS) is 17.2. The number of Topliss-reactive ketones (excluding diaryl/α,β-unsaturated/α-hetero) is 1. The number of aliphatic hydroxyl groups excluding tert-OH is 1. The Labute approximate surface area is 203 Å². The van der Waals surface area contributed by atoms with E-state index in [0.717, 1.165) is 27.5 Å². The van der Waals surface area contributed by atoms with Crippen molar-refractivity contribution in [2.24, 2.45) is 0 Å². The summed E-state index contributed by atoms with van der Waals surface area (Å²) in [6, 6.07) is 27.6. The smallest absolute Gasteiger partial charge is 0.295 e. The fraction of sp³-hybridized carbons (Fsp3) is 0.133. The van der Waals surface area contributed by atoms with Crippen LogP contribution >= 0.6 is 0 Å². The van der Waals surface area contributed by atoms with Gasteiger partial charge in [-0.25, -0.2) is 0 Å². The zero-order valence-corrected chi connectivity index (χ0v) is 19.6. The van der Waals surface area contributed by atoms with Gasteiger partial charge in [-0.15, -0.1) is 0 Å². The van der Waals surface area contributed by atoms with Crippen molar-refractivity contribution in [3.05, 3.63) is 119 Å². The minimum absolute atomic E-state index is 0.0897. The van der Waals surface area contributed by atoms with Crippen molar-refractivity contribution in [2.75, 3.05) is 7.11 Å². The number of ether oxygens (including phenoxy) is 1. The van der Waals surface area contributed by atoms with Crippen molar-refractivity contribution in [3.63, 3.8) is 0 Å². The van der Waals surface area contributed by atoms with E-state index < -0.39 is 17.7 Å². The van der Waals surface area contributed by atoms with E-state index in [-0.39, 0.29) is 17.9 Å². The van der Waals surface area contributed by atoms with Crippen LogP contribution in [0.4, 0.5) is 0 Å². The second-order valence-electron chi connectivity index (χ2n) is 8.68. The van der Waals surface area contributed by atoms with Gasteiger partial charge in [0.05, 0.1) is 25.3 Å². The lowest BCUT2D eigenvalue weighted by Gasteiger charge is -2.26. The lowest BCUT2D eigenvalue weighted by atomic mass is 9.92. The third kappa shape index (κ3) is 3.95. The summed E-state index contributed by atoms with van der Waals surface area (Å²) in [5.41, 5.74) is 3.15. The number of amides is 1. The first kappa shape index (κ1) is 22.4. The van der Waals surface area contributed by atoms with Crippen molar-refractivity contribution in [3.8, 4) is 5.75 Å². The maximum Gasteiger partial charge on any atom is 0.295 e. The quantitative estimate of drug-likeness (QED) is 0.232. The molecule has 1 fully saturated rings. The molecule has 1 aliphatic heterocycles. The number of aryl methyl sites for hydroxylation is 1. The van der Waals surface area contributed by atoms with Gasteiger partial charge in [0.1, 0.15) is 11.5 Å². The number of ketones is 1. The molecule has 174 valence electrons. The molecule has 4 aromatic carbocycles. The van der Waals surface area contributed by atoms with Crippen molar-refractivity contribution >= 4 is 28.2 Å². The summed E-state index contributed by atoms with van der Waals surface area (Å²) in [6.45, 7) is 2.13. The van der Waals surface area contributed by atoms with E-state index in [0.29, 0.717) is 11.3 Å². The van der Waals surface area contributed by atoms with Gasteiger partial charge in [0.2, 0.25) is 0 Å². The molecule has 1 N–H and O–H groups in total. The molecule has 5 nitrogen and oxygen atoms in total. The highest BCUT2D eigenvalue weighted by atomic mass is 16.5. The lowest BCUT2D eigenvalue weighted by Crippen LogP contribution is -2.29. The fourth-order valence-electron chi connectivity index (χ4n) is 4.82. The van der Waals surface area contributed by atoms with Gasteiger partial charge in [-0.3, -0.25) is 9.59 Å². The van der Waals surface area contributed by atoms with E-state index in [1.807, 2.05) is 91.9 Å². The Kier molecular flexibility index (Phi) is 5.83. The molecule has 0 aliphatic carbocycles. The largest absolute Gasteiger partial charge is 0.507 e. The van der Waals surface area contributed by atoms with Crippen molar-refractivity contribution in [1.29, 1.82) is 0 Å². The zero-order valence-electron chi connectivity index (χ0n) is 19.6. The van der Waals surface area contributed by atoms with Gasteiger partial charge in [0.25, 0.3) is 11.7 Å². The van der Waals surface area contributed by atoms with Crippen molar-refractivity contribution < 1.29 is 19.4 Å². The molecule has 35 heavy (non-hydrogen) atoms. The van der Waals surface area contributed by atoms with Crippen LogP contribution in [0.3, 0.4) is 0 Å². The van der Waals surface area contributed by atoms with Crippen LogP contribution in [0.15, 0.2) is 96.6 Å². The van der Waals surface area contributed by atoms with Gasteiger partial charge >= 0.3 is 0 Å². The maximum absolute atomic E-state index is 13.4. The molecule has 4 aromatic rings. The molecule has 0 bridgehead atoms. The molecule has 1 atom stereocenters. The summed E-state index contributed by atoms with van der Waals surface area (Å²) in [5.74, 6) is -0.887. The molecule has 1 heterocycles. The summed E-state index contributed by atoms with van der Waals surface area (Å²) in [7, 11) is 1.57. The average Bonchev–Trinajstić information content (AvgIpc) is 3.13. The number of carbonyl (C=O) groups is 2. The highest BCUT2D eigenvalue weighted by Gasteiger charge is 2.46. The van der Waals surface area contributed by atoms with E-state index in [4.69, 9.17) is 4.74 Å². The number of carbonyl (C=O) groups excluding carboxylic acids is 2. The van der Waals surface area contributed by atoms with Crippen molar-refractivity contribution in [2.45, 2.75) is 19.5 Å². The molecule has 0 aromatic heterocycles. The SMILES string of the molecule is COc1ccccc1CN1C(=O)C(=O)/C(=C(\O)c2cccc3ccccc23)C1c1cccc(C)c1. The second-order valence-corrected chi connectivity index (χ2v) is 8.68. The summed E-state index contributed by atoms with van der Waals surface area (Å²) in [4.78, 5) is 28.3. The summed E-state index contributed by atoms with van der Waals surface area (Å²) in [5, 5.41) is 13.3. The number of rotatable bonds is 5.